The third kappa shape index (κ3) is 1.91. The molecule has 0 saturated heterocycles. The Labute approximate surface area is 154 Å². The lowest BCUT2D eigenvalue weighted by Gasteiger charge is -2.43. The Morgan fingerprint density at radius 1 is 0.962 bits per heavy atom. The molecule has 26 heavy (non-hydrogen) atoms. The molecule has 0 unspecified atom stereocenters. The Balaban J connectivity index is 1.86. The molecule has 0 N–H and O–H groups in total. The molecule has 2 aromatic carbocycles. The Morgan fingerprint density at radius 3 is 2.58 bits per heavy atom. The van der Waals surface area contributed by atoms with Crippen molar-refractivity contribution in [2.24, 2.45) is 0 Å². The SMILES string of the molecule is CC(C)c1ccc2c(c1)N1c3ncccc3C(C)(C)c3cccc(c31)O2. The van der Waals surface area contributed by atoms with Gasteiger partial charge in [0.05, 0.1) is 11.4 Å². The second-order valence-electron chi connectivity index (χ2n) is 7.97. The molecule has 0 fully saturated rings. The highest BCUT2D eigenvalue weighted by molar-refractivity contribution is 5.91. The standard InChI is InChI=1S/C23H22N2O/c1-14(2)15-10-11-19-18(13-15)25-21-16(7-5-9-20(21)26-19)23(3,4)17-8-6-12-24-22(17)25/h5-14H,1-4H3. The predicted molar refractivity (Wildman–Crippen MR) is 105 cm³/mol. The fourth-order valence-corrected chi connectivity index (χ4v) is 4.16. The zero-order valence-corrected chi connectivity index (χ0v) is 15.6. The number of hydrogen-bond donors (Lipinski definition) is 0. The molecule has 3 nitrogen and oxygen atoms in total. The molecule has 1 aromatic heterocycles. The number of hydrogen-bond acceptors (Lipinski definition) is 3. The van der Waals surface area contributed by atoms with Gasteiger partial charge in [0.2, 0.25) is 0 Å². The van der Waals surface area contributed by atoms with Gasteiger partial charge in [0, 0.05) is 17.2 Å². The fourth-order valence-electron chi connectivity index (χ4n) is 4.16. The van der Waals surface area contributed by atoms with Crippen LogP contribution in [-0.4, -0.2) is 4.98 Å². The summed E-state index contributed by atoms with van der Waals surface area (Å²) in [6, 6.07) is 17.1. The molecule has 0 atom stereocenters. The van der Waals surface area contributed by atoms with Crippen LogP contribution in [0.25, 0.3) is 0 Å². The van der Waals surface area contributed by atoms with Gasteiger partial charge in [-0.1, -0.05) is 52.0 Å². The van der Waals surface area contributed by atoms with E-state index in [4.69, 9.17) is 9.72 Å². The van der Waals surface area contributed by atoms with Crippen LogP contribution in [0.5, 0.6) is 11.5 Å². The van der Waals surface area contributed by atoms with E-state index in [0.29, 0.717) is 5.92 Å². The molecule has 3 heterocycles. The van der Waals surface area contributed by atoms with Crippen LogP contribution in [0, 0.1) is 0 Å². The maximum absolute atomic E-state index is 6.30. The zero-order chi connectivity index (χ0) is 18.1. The van der Waals surface area contributed by atoms with Crippen molar-refractivity contribution in [3.8, 4) is 11.5 Å². The molecule has 0 spiro atoms. The molecule has 0 saturated carbocycles. The van der Waals surface area contributed by atoms with Crippen molar-refractivity contribution >= 4 is 17.2 Å². The number of rotatable bonds is 1. The van der Waals surface area contributed by atoms with E-state index in [1.807, 2.05) is 12.3 Å². The average molecular weight is 342 g/mol. The Bertz CT molecular complexity index is 1040. The minimum atomic E-state index is -0.123. The summed E-state index contributed by atoms with van der Waals surface area (Å²) >= 11 is 0. The van der Waals surface area contributed by atoms with Crippen molar-refractivity contribution in [3.05, 3.63) is 71.4 Å². The maximum atomic E-state index is 6.30. The van der Waals surface area contributed by atoms with E-state index in [1.54, 1.807) is 0 Å². The molecular formula is C23H22N2O. The fraction of sp³-hybridized carbons (Fsp3) is 0.261. The van der Waals surface area contributed by atoms with Crippen LogP contribution >= 0.6 is 0 Å². The van der Waals surface area contributed by atoms with Crippen molar-refractivity contribution in [2.75, 3.05) is 4.90 Å². The van der Waals surface area contributed by atoms with Gasteiger partial charge in [-0.15, -0.1) is 0 Å². The van der Waals surface area contributed by atoms with Gasteiger partial charge in [-0.3, -0.25) is 4.90 Å². The van der Waals surface area contributed by atoms with Gasteiger partial charge >= 0.3 is 0 Å². The third-order valence-corrected chi connectivity index (χ3v) is 5.68. The van der Waals surface area contributed by atoms with Gasteiger partial charge in [-0.2, -0.15) is 0 Å². The second kappa shape index (κ2) is 5.10. The first kappa shape index (κ1) is 15.4. The summed E-state index contributed by atoms with van der Waals surface area (Å²) in [7, 11) is 0. The summed E-state index contributed by atoms with van der Waals surface area (Å²) in [6.07, 6.45) is 1.88. The second-order valence-corrected chi connectivity index (χ2v) is 7.97. The lowest BCUT2D eigenvalue weighted by atomic mass is 9.74. The first-order valence-corrected chi connectivity index (χ1v) is 9.19. The normalized spacial score (nSPS) is 15.8. The number of anilines is 3. The third-order valence-electron chi connectivity index (χ3n) is 5.68. The van der Waals surface area contributed by atoms with Gasteiger partial charge in [0.1, 0.15) is 5.82 Å². The first-order chi connectivity index (χ1) is 12.5. The number of nitrogens with zero attached hydrogens (tertiary/aromatic N) is 2. The van der Waals surface area contributed by atoms with E-state index in [0.717, 1.165) is 28.7 Å². The molecule has 3 aromatic rings. The number of aromatic nitrogens is 1. The molecule has 0 bridgehead atoms. The number of fused-ring (bicyclic) bond motifs is 4. The molecule has 5 rings (SSSR count). The molecule has 0 radical (unpaired) electrons. The lowest BCUT2D eigenvalue weighted by molar-refractivity contribution is 0.470. The van der Waals surface area contributed by atoms with E-state index >= 15 is 0 Å². The largest absolute Gasteiger partial charge is 0.453 e. The van der Waals surface area contributed by atoms with Crippen LogP contribution in [0.1, 0.15) is 50.3 Å². The highest BCUT2D eigenvalue weighted by atomic mass is 16.5. The van der Waals surface area contributed by atoms with E-state index in [9.17, 15) is 0 Å². The zero-order valence-electron chi connectivity index (χ0n) is 15.6. The van der Waals surface area contributed by atoms with Crippen LogP contribution in [-0.2, 0) is 5.41 Å². The summed E-state index contributed by atoms with van der Waals surface area (Å²) in [5.41, 5.74) is 5.89. The number of pyridine rings is 1. The quantitative estimate of drug-likeness (QED) is 0.399. The summed E-state index contributed by atoms with van der Waals surface area (Å²) in [6.45, 7) is 8.97. The highest BCUT2D eigenvalue weighted by Crippen LogP contribution is 2.59. The van der Waals surface area contributed by atoms with Crippen molar-refractivity contribution in [3.63, 3.8) is 0 Å². The van der Waals surface area contributed by atoms with Crippen LogP contribution in [0.3, 0.4) is 0 Å². The van der Waals surface area contributed by atoms with Crippen molar-refractivity contribution < 1.29 is 4.74 Å². The smallest absolute Gasteiger partial charge is 0.151 e. The molecule has 0 amide bonds. The molecule has 2 aliphatic heterocycles. The molecule has 130 valence electrons. The van der Waals surface area contributed by atoms with Gasteiger partial charge in [-0.05, 0) is 41.3 Å². The Hall–Kier alpha value is -2.81. The highest BCUT2D eigenvalue weighted by Gasteiger charge is 2.42. The van der Waals surface area contributed by atoms with Crippen LogP contribution < -0.4 is 9.64 Å². The maximum Gasteiger partial charge on any atom is 0.151 e. The van der Waals surface area contributed by atoms with Crippen LogP contribution in [0.4, 0.5) is 17.2 Å². The Kier molecular flexibility index (Phi) is 3.03. The molecule has 3 heteroatoms. The lowest BCUT2D eigenvalue weighted by Crippen LogP contribution is -2.33. The minimum absolute atomic E-state index is 0.123. The van der Waals surface area contributed by atoms with Crippen molar-refractivity contribution in [1.29, 1.82) is 0 Å². The van der Waals surface area contributed by atoms with Gasteiger partial charge in [0.15, 0.2) is 11.5 Å². The van der Waals surface area contributed by atoms with Crippen molar-refractivity contribution in [2.45, 2.75) is 39.0 Å². The number of para-hydroxylation sites is 1. The van der Waals surface area contributed by atoms with E-state index in [-0.39, 0.29) is 5.41 Å². The topological polar surface area (TPSA) is 25.4 Å². The first-order valence-electron chi connectivity index (χ1n) is 9.19. The van der Waals surface area contributed by atoms with Gasteiger partial charge < -0.3 is 4.74 Å². The Morgan fingerprint density at radius 2 is 1.77 bits per heavy atom. The van der Waals surface area contributed by atoms with E-state index in [2.05, 4.69) is 75.1 Å². The van der Waals surface area contributed by atoms with Crippen LogP contribution in [0.2, 0.25) is 0 Å². The van der Waals surface area contributed by atoms with Crippen molar-refractivity contribution in [1.82, 2.24) is 4.98 Å². The van der Waals surface area contributed by atoms with Gasteiger partial charge in [-0.25, -0.2) is 4.98 Å². The molecule has 0 aliphatic carbocycles. The molecule has 2 aliphatic rings. The van der Waals surface area contributed by atoms with Gasteiger partial charge in [0.25, 0.3) is 0 Å². The summed E-state index contributed by atoms with van der Waals surface area (Å²) in [5.74, 6) is 3.25. The molecular weight excluding hydrogens is 320 g/mol. The predicted octanol–water partition coefficient (Wildman–Crippen LogP) is 6.42. The average Bonchev–Trinajstić information content (AvgIpc) is 2.64. The number of benzene rings is 2. The summed E-state index contributed by atoms with van der Waals surface area (Å²) in [5, 5.41) is 0. The minimum Gasteiger partial charge on any atom is -0.453 e. The van der Waals surface area contributed by atoms with E-state index < -0.39 is 0 Å². The summed E-state index contributed by atoms with van der Waals surface area (Å²) in [4.78, 5) is 7.07. The van der Waals surface area contributed by atoms with E-state index in [1.165, 1.54) is 16.7 Å². The summed E-state index contributed by atoms with van der Waals surface area (Å²) < 4.78 is 6.30. The monoisotopic (exact) mass is 342 g/mol. The van der Waals surface area contributed by atoms with Crippen LogP contribution in [0.15, 0.2) is 54.7 Å². The number of ether oxygens (including phenoxy) is 1.